The lowest BCUT2D eigenvalue weighted by Gasteiger charge is -2.15. The molecule has 1 heterocycles. The van der Waals surface area contributed by atoms with Gasteiger partial charge in [-0.15, -0.1) is 0 Å². The van der Waals surface area contributed by atoms with Crippen LogP contribution in [0.2, 0.25) is 0 Å². The Hall–Kier alpha value is -3.55. The second kappa shape index (κ2) is 11.7. The van der Waals surface area contributed by atoms with E-state index in [2.05, 4.69) is 12.2 Å². The lowest BCUT2D eigenvalue weighted by molar-refractivity contribution is 0.106. The van der Waals surface area contributed by atoms with E-state index < -0.39 is 6.10 Å². The molecule has 184 valence electrons. The maximum absolute atomic E-state index is 13.3. The summed E-state index contributed by atoms with van der Waals surface area (Å²) >= 11 is 0. The number of para-hydroxylation sites is 1. The van der Waals surface area contributed by atoms with Crippen LogP contribution in [-0.2, 0) is 6.61 Å². The van der Waals surface area contributed by atoms with Gasteiger partial charge in [0.15, 0.2) is 0 Å². The Morgan fingerprint density at radius 2 is 1.80 bits per heavy atom. The van der Waals surface area contributed by atoms with Gasteiger partial charge in [0.25, 0.3) is 0 Å². The van der Waals surface area contributed by atoms with Crippen molar-refractivity contribution in [3.05, 3.63) is 76.5 Å². The van der Waals surface area contributed by atoms with Crippen LogP contribution in [0.15, 0.2) is 69.9 Å². The van der Waals surface area contributed by atoms with Crippen LogP contribution in [0.3, 0.4) is 0 Å². The molecule has 7 heteroatoms. The topological polar surface area (TPSA) is 90.2 Å². The summed E-state index contributed by atoms with van der Waals surface area (Å²) in [6.45, 7) is 3.76. The van der Waals surface area contributed by atoms with E-state index in [1.54, 1.807) is 37.4 Å². The Morgan fingerprint density at radius 1 is 1.00 bits per heavy atom. The maximum Gasteiger partial charge on any atom is 0.204 e. The maximum atomic E-state index is 13.3. The van der Waals surface area contributed by atoms with E-state index in [9.17, 15) is 9.90 Å². The molecule has 0 aliphatic rings. The molecule has 0 saturated heterocycles. The number of rotatable bonds is 12. The zero-order valence-corrected chi connectivity index (χ0v) is 20.1. The highest BCUT2D eigenvalue weighted by Crippen LogP contribution is 2.32. The fraction of sp³-hybridized carbons (Fsp3) is 0.321. The van der Waals surface area contributed by atoms with Crippen LogP contribution in [0.4, 0.5) is 0 Å². The number of fused-ring (bicyclic) bond motifs is 2. The van der Waals surface area contributed by atoms with Crippen LogP contribution in [0.1, 0.15) is 25.3 Å². The summed E-state index contributed by atoms with van der Waals surface area (Å²) in [5, 5.41) is 14.3. The van der Waals surface area contributed by atoms with Gasteiger partial charge in [-0.1, -0.05) is 37.6 Å². The van der Waals surface area contributed by atoms with Crippen LogP contribution >= 0.6 is 0 Å². The third-order valence-electron chi connectivity index (χ3n) is 5.70. The smallest absolute Gasteiger partial charge is 0.204 e. The van der Waals surface area contributed by atoms with E-state index in [4.69, 9.17) is 18.6 Å². The van der Waals surface area contributed by atoms with Crippen LogP contribution in [0, 0.1) is 0 Å². The van der Waals surface area contributed by atoms with Gasteiger partial charge in [0.2, 0.25) is 5.43 Å². The van der Waals surface area contributed by atoms with E-state index in [1.807, 2.05) is 30.3 Å². The van der Waals surface area contributed by atoms with Crippen molar-refractivity contribution >= 4 is 21.9 Å². The van der Waals surface area contributed by atoms with Crippen molar-refractivity contribution in [3.8, 4) is 17.2 Å². The summed E-state index contributed by atoms with van der Waals surface area (Å²) in [6, 6.07) is 18.0. The molecule has 7 nitrogen and oxygen atoms in total. The van der Waals surface area contributed by atoms with Crippen molar-refractivity contribution in [2.75, 3.05) is 26.8 Å². The standard InChI is InChI=1S/C28H31NO6/c1-3-4-13-29-16-20(30)18-33-22-14-25(34-17-19-9-11-21(32-2)12-10-19)27-26(15-22)35-24-8-6-5-7-23(24)28(27)31/h5-12,14-15,20,29-30H,3-4,13,16-18H2,1-2H3. The molecule has 0 amide bonds. The zero-order valence-electron chi connectivity index (χ0n) is 20.1. The number of hydrogen-bond acceptors (Lipinski definition) is 7. The fourth-order valence-corrected chi connectivity index (χ4v) is 3.77. The third kappa shape index (κ3) is 6.12. The average molecular weight is 478 g/mol. The van der Waals surface area contributed by atoms with Crippen molar-refractivity contribution < 1.29 is 23.7 Å². The van der Waals surface area contributed by atoms with Gasteiger partial charge >= 0.3 is 0 Å². The first-order valence-corrected chi connectivity index (χ1v) is 11.9. The van der Waals surface area contributed by atoms with E-state index in [0.717, 1.165) is 30.7 Å². The van der Waals surface area contributed by atoms with Gasteiger partial charge in [-0.25, -0.2) is 0 Å². The van der Waals surface area contributed by atoms with E-state index in [-0.39, 0.29) is 18.6 Å². The molecule has 1 aromatic heterocycles. The Kier molecular flexibility index (Phi) is 8.23. The van der Waals surface area contributed by atoms with Gasteiger partial charge in [0.05, 0.1) is 12.5 Å². The highest BCUT2D eigenvalue weighted by atomic mass is 16.5. The molecule has 4 aromatic rings. The zero-order chi connectivity index (χ0) is 24.6. The Labute approximate surface area is 204 Å². The predicted molar refractivity (Wildman–Crippen MR) is 137 cm³/mol. The molecule has 2 N–H and O–H groups in total. The van der Waals surface area contributed by atoms with Crippen molar-refractivity contribution in [3.63, 3.8) is 0 Å². The summed E-state index contributed by atoms with van der Waals surface area (Å²) in [5.41, 5.74) is 1.61. The quantitative estimate of drug-likeness (QED) is 0.226. The Balaban J connectivity index is 1.61. The van der Waals surface area contributed by atoms with E-state index >= 15 is 0 Å². The Morgan fingerprint density at radius 3 is 2.57 bits per heavy atom. The van der Waals surface area contributed by atoms with Crippen LogP contribution in [-0.4, -0.2) is 38.0 Å². The number of methoxy groups -OCH3 is 1. The van der Waals surface area contributed by atoms with Crippen molar-refractivity contribution in [2.45, 2.75) is 32.5 Å². The number of aliphatic hydroxyl groups excluding tert-OH is 1. The number of unbranched alkanes of at least 4 members (excludes halogenated alkanes) is 1. The van der Waals surface area contributed by atoms with Crippen molar-refractivity contribution in [1.82, 2.24) is 5.32 Å². The first-order chi connectivity index (χ1) is 17.1. The molecule has 1 atom stereocenters. The highest BCUT2D eigenvalue weighted by Gasteiger charge is 2.16. The number of ether oxygens (including phenoxy) is 3. The third-order valence-corrected chi connectivity index (χ3v) is 5.70. The normalized spacial score (nSPS) is 12.1. The minimum atomic E-state index is -0.671. The molecule has 0 aliphatic carbocycles. The minimum absolute atomic E-state index is 0.0976. The summed E-state index contributed by atoms with van der Waals surface area (Å²) in [7, 11) is 1.62. The largest absolute Gasteiger partial charge is 0.497 e. The molecule has 0 saturated carbocycles. The highest BCUT2D eigenvalue weighted by molar-refractivity contribution is 5.94. The van der Waals surface area contributed by atoms with Gasteiger partial charge < -0.3 is 29.1 Å². The monoisotopic (exact) mass is 477 g/mol. The molecule has 35 heavy (non-hydrogen) atoms. The molecular formula is C28H31NO6. The number of benzene rings is 3. The first-order valence-electron chi connectivity index (χ1n) is 11.9. The predicted octanol–water partition coefficient (Wildman–Crippen LogP) is 4.66. The van der Waals surface area contributed by atoms with Crippen LogP contribution in [0.5, 0.6) is 17.2 Å². The molecule has 1 unspecified atom stereocenters. The van der Waals surface area contributed by atoms with E-state index in [1.165, 1.54) is 0 Å². The van der Waals surface area contributed by atoms with Gasteiger partial charge in [-0.3, -0.25) is 4.79 Å². The molecule has 4 rings (SSSR count). The minimum Gasteiger partial charge on any atom is -0.497 e. The molecular weight excluding hydrogens is 446 g/mol. The first kappa shape index (κ1) is 24.6. The SMILES string of the molecule is CCCCNCC(O)COc1cc(OCc2ccc(OC)cc2)c2c(=O)c3ccccc3oc2c1. The summed E-state index contributed by atoms with van der Waals surface area (Å²) < 4.78 is 23.2. The van der Waals surface area contributed by atoms with Gasteiger partial charge in [0.1, 0.15) is 53.1 Å². The van der Waals surface area contributed by atoms with Crippen molar-refractivity contribution in [2.24, 2.45) is 0 Å². The molecule has 0 aliphatic heterocycles. The second-order valence-corrected chi connectivity index (χ2v) is 8.38. The molecule has 3 aromatic carbocycles. The lowest BCUT2D eigenvalue weighted by Crippen LogP contribution is -2.31. The number of nitrogens with one attached hydrogen (secondary N) is 1. The average Bonchev–Trinajstić information content (AvgIpc) is 2.89. The summed E-state index contributed by atoms with van der Waals surface area (Å²) in [4.78, 5) is 13.3. The second-order valence-electron chi connectivity index (χ2n) is 8.38. The number of aliphatic hydroxyl groups is 1. The van der Waals surface area contributed by atoms with Crippen LogP contribution < -0.4 is 25.0 Å². The van der Waals surface area contributed by atoms with E-state index in [0.29, 0.717) is 40.0 Å². The van der Waals surface area contributed by atoms with Crippen LogP contribution in [0.25, 0.3) is 21.9 Å². The number of hydrogen-bond donors (Lipinski definition) is 2. The van der Waals surface area contributed by atoms with Gasteiger partial charge in [0, 0.05) is 18.7 Å². The van der Waals surface area contributed by atoms with Gasteiger partial charge in [-0.2, -0.15) is 0 Å². The fourth-order valence-electron chi connectivity index (χ4n) is 3.77. The molecule has 0 bridgehead atoms. The van der Waals surface area contributed by atoms with Crippen molar-refractivity contribution in [1.29, 1.82) is 0 Å². The molecule has 0 radical (unpaired) electrons. The molecule has 0 fully saturated rings. The molecule has 0 spiro atoms. The summed E-state index contributed by atoms with van der Waals surface area (Å²) in [5.74, 6) is 1.57. The van der Waals surface area contributed by atoms with Gasteiger partial charge in [-0.05, 0) is 42.8 Å². The lowest BCUT2D eigenvalue weighted by atomic mass is 10.1. The Bertz CT molecular complexity index is 1320. The summed E-state index contributed by atoms with van der Waals surface area (Å²) in [6.07, 6.45) is 1.48.